The number of benzene rings is 1. The predicted octanol–water partition coefficient (Wildman–Crippen LogP) is 3.84. The van der Waals surface area contributed by atoms with Gasteiger partial charge in [0.05, 0.1) is 7.11 Å². The maximum Gasteiger partial charge on any atom is 0.257 e. The van der Waals surface area contributed by atoms with Gasteiger partial charge in [-0.3, -0.25) is 10.1 Å². The lowest BCUT2D eigenvalue weighted by Gasteiger charge is -2.06. The predicted molar refractivity (Wildman–Crippen MR) is 84.1 cm³/mol. The Balaban J connectivity index is 2.10. The molecule has 2 aromatic rings. The van der Waals surface area contributed by atoms with E-state index in [1.54, 1.807) is 0 Å². The molecule has 0 spiro atoms. The van der Waals surface area contributed by atoms with Gasteiger partial charge in [0.2, 0.25) is 5.13 Å². The number of rotatable bonds is 6. The molecule has 1 N–H and O–H groups in total. The van der Waals surface area contributed by atoms with Gasteiger partial charge in [-0.1, -0.05) is 25.2 Å². The molecule has 0 saturated heterocycles. The van der Waals surface area contributed by atoms with E-state index in [1.807, 2.05) is 0 Å². The van der Waals surface area contributed by atoms with Crippen LogP contribution in [0.15, 0.2) is 18.2 Å². The van der Waals surface area contributed by atoms with Crippen molar-refractivity contribution in [1.29, 1.82) is 0 Å². The summed E-state index contributed by atoms with van der Waals surface area (Å²) in [6.45, 7) is 4.18. The first-order valence-corrected chi connectivity index (χ1v) is 7.88. The van der Waals surface area contributed by atoms with E-state index in [0.29, 0.717) is 11.0 Å². The van der Waals surface area contributed by atoms with Crippen molar-refractivity contribution in [3.05, 3.63) is 34.6 Å². The van der Waals surface area contributed by atoms with Crippen molar-refractivity contribution in [2.45, 2.75) is 32.6 Å². The van der Waals surface area contributed by atoms with Crippen molar-refractivity contribution in [2.24, 2.45) is 0 Å². The number of nitrogens with one attached hydrogen (secondary N) is 1. The number of ether oxygens (including phenoxy) is 1. The highest BCUT2D eigenvalue weighted by Gasteiger charge is 2.16. The number of halogens is 1. The Kier molecular flexibility index (Phi) is 5.43. The largest absolute Gasteiger partial charge is 0.494 e. The lowest BCUT2D eigenvalue weighted by molar-refractivity contribution is 0.102. The number of amides is 1. The number of nitrogens with zero attached hydrogens (tertiary/aromatic N) is 2. The summed E-state index contributed by atoms with van der Waals surface area (Å²) in [5.41, 5.74) is 0.206. The Morgan fingerprint density at radius 2 is 2.09 bits per heavy atom. The van der Waals surface area contributed by atoms with Gasteiger partial charge in [-0.2, -0.15) is 0 Å². The lowest BCUT2D eigenvalue weighted by Crippen LogP contribution is -2.12. The summed E-state index contributed by atoms with van der Waals surface area (Å²) in [4.78, 5) is 12.1. The fraction of sp³-hybridized carbons (Fsp3) is 0.400. The van der Waals surface area contributed by atoms with Gasteiger partial charge >= 0.3 is 0 Å². The van der Waals surface area contributed by atoms with E-state index >= 15 is 0 Å². The van der Waals surface area contributed by atoms with Crippen LogP contribution in [0.25, 0.3) is 0 Å². The second-order valence-corrected chi connectivity index (χ2v) is 5.77. The highest BCUT2D eigenvalue weighted by Crippen LogP contribution is 2.28. The second kappa shape index (κ2) is 7.31. The third-order valence-corrected chi connectivity index (χ3v) is 4.41. The number of aromatic nitrogens is 2. The van der Waals surface area contributed by atoms with Gasteiger partial charge in [0.1, 0.15) is 5.01 Å². The smallest absolute Gasteiger partial charge is 0.257 e. The number of methoxy groups -OCH3 is 1. The molecule has 1 amide bonds. The normalized spacial score (nSPS) is 10.8. The summed E-state index contributed by atoms with van der Waals surface area (Å²) < 4.78 is 18.4. The first-order chi connectivity index (χ1) is 10.6. The molecule has 1 aromatic heterocycles. The standard InChI is InChI=1S/C15H18FN3O2S/c1-4-9(5-2)14-18-19-15(22-14)17-13(20)10-6-7-12(21-3)11(16)8-10/h6-9H,4-5H2,1-3H3,(H,17,19,20). The van der Waals surface area contributed by atoms with Gasteiger partial charge in [0.15, 0.2) is 11.6 Å². The van der Waals surface area contributed by atoms with Crippen LogP contribution < -0.4 is 10.1 Å². The first-order valence-electron chi connectivity index (χ1n) is 7.07. The molecule has 0 aliphatic carbocycles. The molecule has 2 rings (SSSR count). The van der Waals surface area contributed by atoms with Crippen LogP contribution in [0.3, 0.4) is 0 Å². The summed E-state index contributed by atoms with van der Waals surface area (Å²) >= 11 is 1.35. The summed E-state index contributed by atoms with van der Waals surface area (Å²) in [7, 11) is 1.37. The van der Waals surface area contributed by atoms with E-state index in [9.17, 15) is 9.18 Å². The molecule has 0 bridgehead atoms. The van der Waals surface area contributed by atoms with Crippen molar-refractivity contribution < 1.29 is 13.9 Å². The Labute approximate surface area is 132 Å². The Bertz CT molecular complexity index is 656. The molecule has 0 atom stereocenters. The zero-order valence-corrected chi connectivity index (χ0v) is 13.5. The molecule has 0 radical (unpaired) electrons. The SMILES string of the molecule is CCC(CC)c1nnc(NC(=O)c2ccc(OC)c(F)c2)s1. The van der Waals surface area contributed by atoms with Crippen LogP contribution in [0, 0.1) is 5.82 Å². The number of carbonyl (C=O) groups excluding carboxylic acids is 1. The highest BCUT2D eigenvalue weighted by molar-refractivity contribution is 7.15. The Hall–Kier alpha value is -2.02. The average molecular weight is 323 g/mol. The van der Waals surface area contributed by atoms with E-state index in [-0.39, 0.29) is 11.3 Å². The van der Waals surface area contributed by atoms with Crippen molar-refractivity contribution >= 4 is 22.4 Å². The van der Waals surface area contributed by atoms with Crippen LogP contribution in [0.2, 0.25) is 0 Å². The van der Waals surface area contributed by atoms with Gasteiger partial charge < -0.3 is 4.74 Å². The molecule has 22 heavy (non-hydrogen) atoms. The van der Waals surface area contributed by atoms with Crippen LogP contribution in [0.1, 0.15) is 48.0 Å². The van der Waals surface area contributed by atoms with Gasteiger partial charge in [-0.25, -0.2) is 4.39 Å². The minimum Gasteiger partial charge on any atom is -0.494 e. The molecule has 0 fully saturated rings. The molecule has 5 nitrogen and oxygen atoms in total. The maximum atomic E-state index is 13.6. The van der Waals surface area contributed by atoms with Crippen LogP contribution in [-0.4, -0.2) is 23.2 Å². The van der Waals surface area contributed by atoms with Crippen LogP contribution >= 0.6 is 11.3 Å². The molecule has 0 aliphatic heterocycles. The summed E-state index contributed by atoms with van der Waals surface area (Å²) in [5, 5.41) is 12.1. The molecular weight excluding hydrogens is 305 g/mol. The second-order valence-electron chi connectivity index (χ2n) is 4.76. The lowest BCUT2D eigenvalue weighted by atomic mass is 10.1. The molecule has 118 valence electrons. The van der Waals surface area contributed by atoms with Crippen molar-refractivity contribution in [2.75, 3.05) is 12.4 Å². The summed E-state index contributed by atoms with van der Waals surface area (Å²) in [6, 6.07) is 4.05. The molecule has 7 heteroatoms. The number of anilines is 1. The molecule has 0 aliphatic rings. The van der Waals surface area contributed by atoms with Crippen molar-refractivity contribution in [3.8, 4) is 5.75 Å². The van der Waals surface area contributed by atoms with Gasteiger partial charge in [-0.05, 0) is 31.0 Å². The highest BCUT2D eigenvalue weighted by atomic mass is 32.1. The fourth-order valence-corrected chi connectivity index (χ4v) is 3.07. The average Bonchev–Trinajstić information content (AvgIpc) is 2.96. The Morgan fingerprint density at radius 3 is 2.68 bits per heavy atom. The van der Waals surface area contributed by atoms with Crippen molar-refractivity contribution in [3.63, 3.8) is 0 Å². The van der Waals surface area contributed by atoms with Crippen LogP contribution in [-0.2, 0) is 0 Å². The van der Waals surface area contributed by atoms with E-state index in [2.05, 4.69) is 29.4 Å². The number of hydrogen-bond acceptors (Lipinski definition) is 5. The van der Waals surface area contributed by atoms with Gasteiger partial charge in [-0.15, -0.1) is 10.2 Å². The van der Waals surface area contributed by atoms with Crippen molar-refractivity contribution in [1.82, 2.24) is 10.2 Å². The molecule has 0 unspecified atom stereocenters. The zero-order valence-electron chi connectivity index (χ0n) is 12.7. The fourth-order valence-electron chi connectivity index (χ4n) is 2.06. The number of carbonyl (C=O) groups is 1. The van der Waals surface area contributed by atoms with E-state index in [4.69, 9.17) is 4.74 Å². The Morgan fingerprint density at radius 1 is 1.36 bits per heavy atom. The van der Waals surface area contributed by atoms with Crippen LogP contribution in [0.5, 0.6) is 5.75 Å². The topological polar surface area (TPSA) is 64.1 Å². The minimum absolute atomic E-state index is 0.100. The molecular formula is C15H18FN3O2S. The van der Waals surface area contributed by atoms with E-state index in [1.165, 1.54) is 30.6 Å². The summed E-state index contributed by atoms with van der Waals surface area (Å²) in [6.07, 6.45) is 1.95. The molecule has 1 heterocycles. The number of hydrogen-bond donors (Lipinski definition) is 1. The van der Waals surface area contributed by atoms with E-state index < -0.39 is 11.7 Å². The van der Waals surface area contributed by atoms with E-state index in [0.717, 1.165) is 23.9 Å². The van der Waals surface area contributed by atoms with Gasteiger partial charge in [0, 0.05) is 11.5 Å². The van der Waals surface area contributed by atoms with Crippen LogP contribution in [0.4, 0.5) is 9.52 Å². The minimum atomic E-state index is -0.579. The summed E-state index contributed by atoms with van der Waals surface area (Å²) in [5.74, 6) is -0.552. The first kappa shape index (κ1) is 16.4. The molecule has 0 saturated carbocycles. The monoisotopic (exact) mass is 323 g/mol. The third kappa shape index (κ3) is 3.59. The third-order valence-electron chi connectivity index (χ3n) is 3.41. The molecule has 1 aromatic carbocycles. The zero-order chi connectivity index (χ0) is 16.1. The maximum absolute atomic E-state index is 13.6. The quantitative estimate of drug-likeness (QED) is 0.877. The van der Waals surface area contributed by atoms with Gasteiger partial charge in [0.25, 0.3) is 5.91 Å².